The molecule has 0 atom stereocenters. The predicted octanol–water partition coefficient (Wildman–Crippen LogP) is 3.53. The maximum atomic E-state index is 14.9. The van der Waals surface area contributed by atoms with E-state index < -0.39 is 24.1 Å². The first kappa shape index (κ1) is 23.9. The number of hydrogen-bond donors (Lipinski definition) is 1. The quantitative estimate of drug-likeness (QED) is 0.706. The Balaban J connectivity index is 1.35. The molecule has 0 radical (unpaired) electrons. The van der Waals surface area contributed by atoms with Gasteiger partial charge >= 0.3 is 7.12 Å². The highest BCUT2D eigenvalue weighted by Gasteiger charge is 2.51. The summed E-state index contributed by atoms with van der Waals surface area (Å²) in [6.45, 7) is 9.77. The van der Waals surface area contributed by atoms with Crippen LogP contribution in [0.4, 0.5) is 4.39 Å². The molecule has 2 N–H and O–H groups in total. The van der Waals surface area contributed by atoms with Crippen LogP contribution < -0.4 is 11.2 Å². The van der Waals surface area contributed by atoms with Crippen LogP contribution in [0.3, 0.4) is 0 Å². The highest BCUT2D eigenvalue weighted by Crippen LogP contribution is 2.36. The molecule has 0 saturated carbocycles. The Kier molecular flexibility index (Phi) is 6.67. The molecule has 0 unspecified atom stereocenters. The van der Waals surface area contributed by atoms with Gasteiger partial charge < -0.3 is 19.9 Å². The van der Waals surface area contributed by atoms with Crippen LogP contribution >= 0.6 is 0 Å². The van der Waals surface area contributed by atoms with E-state index in [1.165, 1.54) is 11.6 Å². The van der Waals surface area contributed by atoms with E-state index >= 15 is 0 Å². The topological polar surface area (TPSA) is 64.8 Å². The summed E-state index contributed by atoms with van der Waals surface area (Å²) in [6, 6.07) is 13.3. The van der Waals surface area contributed by atoms with Crippen molar-refractivity contribution in [1.82, 2.24) is 4.90 Å². The maximum Gasteiger partial charge on any atom is 0.494 e. The van der Waals surface area contributed by atoms with E-state index in [0.717, 1.165) is 18.4 Å². The molecule has 7 heteroatoms. The number of nitrogens with zero attached hydrogens (tertiary/aromatic N) is 1. The molecule has 2 saturated heterocycles. The molecule has 0 bridgehead atoms. The zero-order valence-corrected chi connectivity index (χ0v) is 20.1. The van der Waals surface area contributed by atoms with Crippen LogP contribution in [0, 0.1) is 5.82 Å². The van der Waals surface area contributed by atoms with Gasteiger partial charge in [-0.25, -0.2) is 4.39 Å². The van der Waals surface area contributed by atoms with Gasteiger partial charge in [0.25, 0.3) is 0 Å². The first-order valence-electron chi connectivity index (χ1n) is 11.8. The van der Waals surface area contributed by atoms with E-state index in [1.807, 2.05) is 44.7 Å². The van der Waals surface area contributed by atoms with Crippen molar-refractivity contribution in [2.24, 2.45) is 5.73 Å². The second kappa shape index (κ2) is 9.20. The van der Waals surface area contributed by atoms with Crippen molar-refractivity contribution < 1.29 is 18.5 Å². The summed E-state index contributed by atoms with van der Waals surface area (Å²) < 4.78 is 26.9. The molecule has 2 fully saturated rings. The molecule has 0 spiro atoms. The molecular weight excluding hydrogens is 418 g/mol. The molecule has 0 aliphatic carbocycles. The van der Waals surface area contributed by atoms with Crippen molar-refractivity contribution in [1.29, 1.82) is 0 Å². The van der Waals surface area contributed by atoms with Gasteiger partial charge in [-0.05, 0) is 74.7 Å². The van der Waals surface area contributed by atoms with Crippen LogP contribution in [0.5, 0.6) is 0 Å². The zero-order chi connectivity index (χ0) is 23.8. The van der Waals surface area contributed by atoms with Gasteiger partial charge in [0.2, 0.25) is 5.91 Å². The Morgan fingerprint density at radius 2 is 1.76 bits per heavy atom. The van der Waals surface area contributed by atoms with Crippen molar-refractivity contribution >= 4 is 18.5 Å². The number of carbonyl (C=O) groups excluding carboxylic acids is 1. The number of halogens is 1. The molecule has 2 aromatic carbocycles. The Hall–Kier alpha value is -2.22. The summed E-state index contributed by atoms with van der Waals surface area (Å²) >= 11 is 0. The third kappa shape index (κ3) is 5.00. The van der Waals surface area contributed by atoms with Gasteiger partial charge in [-0.2, -0.15) is 0 Å². The summed E-state index contributed by atoms with van der Waals surface area (Å²) in [6.07, 6.45) is 1.87. The number of amides is 1. The van der Waals surface area contributed by atoms with Crippen LogP contribution in [0.1, 0.15) is 63.1 Å². The summed E-state index contributed by atoms with van der Waals surface area (Å²) in [5.41, 5.74) is 8.24. The molecule has 33 heavy (non-hydrogen) atoms. The van der Waals surface area contributed by atoms with E-state index in [2.05, 4.69) is 12.1 Å². The van der Waals surface area contributed by atoms with Gasteiger partial charge in [-0.15, -0.1) is 0 Å². The largest absolute Gasteiger partial charge is 0.494 e. The lowest BCUT2D eigenvalue weighted by molar-refractivity contribution is -0.131. The minimum Gasteiger partial charge on any atom is -0.399 e. The lowest BCUT2D eigenvalue weighted by atomic mass is 9.78. The Bertz CT molecular complexity index is 1000. The maximum absolute atomic E-state index is 14.9. The van der Waals surface area contributed by atoms with E-state index in [4.69, 9.17) is 15.0 Å². The van der Waals surface area contributed by atoms with Crippen molar-refractivity contribution in [2.45, 2.75) is 70.6 Å². The molecule has 2 heterocycles. The van der Waals surface area contributed by atoms with Gasteiger partial charge in [0.1, 0.15) is 5.82 Å². The van der Waals surface area contributed by atoms with Gasteiger partial charge in [-0.1, -0.05) is 36.4 Å². The monoisotopic (exact) mass is 452 g/mol. The van der Waals surface area contributed by atoms with Crippen LogP contribution in [-0.2, 0) is 27.1 Å². The fraction of sp³-hybridized carbons (Fsp3) is 0.500. The molecule has 4 rings (SSSR count). The smallest absolute Gasteiger partial charge is 0.399 e. The Morgan fingerprint density at radius 3 is 2.36 bits per heavy atom. The highest BCUT2D eigenvalue weighted by atomic mass is 19.1. The lowest BCUT2D eigenvalue weighted by Gasteiger charge is -2.32. The molecule has 2 aromatic rings. The normalized spacial score (nSPS) is 20.3. The van der Waals surface area contributed by atoms with Crippen LogP contribution in [0.25, 0.3) is 0 Å². The fourth-order valence-electron chi connectivity index (χ4n) is 4.54. The standard InChI is InChI=1S/C26H34BFN2O3/c1-25(2)26(3,4)33-27(32-25)22-9-8-21(23(28)16-22)15-24(31)30-12-10-19(11-13-30)20-7-5-6-18(14-20)17-29/h5-9,14,16,19H,10-13,15,17,29H2,1-4H3. The molecule has 2 aliphatic rings. The van der Waals surface area contributed by atoms with E-state index in [0.29, 0.717) is 36.6 Å². The van der Waals surface area contributed by atoms with Crippen LogP contribution in [0.15, 0.2) is 42.5 Å². The summed E-state index contributed by atoms with van der Waals surface area (Å²) in [5.74, 6) is -0.00743. The van der Waals surface area contributed by atoms with Gasteiger partial charge in [0.05, 0.1) is 17.6 Å². The molecular formula is C26H34BFN2O3. The van der Waals surface area contributed by atoms with Gasteiger partial charge in [-0.3, -0.25) is 4.79 Å². The number of carbonyl (C=O) groups is 1. The molecule has 176 valence electrons. The van der Waals surface area contributed by atoms with Crippen LogP contribution in [0.2, 0.25) is 0 Å². The number of nitrogens with two attached hydrogens (primary N) is 1. The van der Waals surface area contributed by atoms with Gasteiger partial charge in [0, 0.05) is 19.6 Å². The number of piperidine rings is 1. The van der Waals surface area contributed by atoms with Crippen molar-refractivity contribution in [2.75, 3.05) is 13.1 Å². The van der Waals surface area contributed by atoms with Crippen molar-refractivity contribution in [3.63, 3.8) is 0 Å². The Labute approximate surface area is 196 Å². The first-order chi connectivity index (χ1) is 15.6. The summed E-state index contributed by atoms with van der Waals surface area (Å²) in [5, 5.41) is 0. The average molecular weight is 452 g/mol. The van der Waals surface area contributed by atoms with E-state index in [1.54, 1.807) is 12.1 Å². The minimum atomic E-state index is -0.619. The summed E-state index contributed by atoms with van der Waals surface area (Å²) in [4.78, 5) is 14.7. The SMILES string of the molecule is CC1(C)OB(c2ccc(CC(=O)N3CCC(c4cccc(CN)c4)CC3)c(F)c2)OC1(C)C. The molecule has 5 nitrogen and oxygen atoms in total. The first-order valence-corrected chi connectivity index (χ1v) is 11.8. The number of benzene rings is 2. The predicted molar refractivity (Wildman–Crippen MR) is 129 cm³/mol. The second-order valence-corrected chi connectivity index (χ2v) is 10.2. The third-order valence-electron chi connectivity index (χ3n) is 7.45. The molecule has 2 aliphatic heterocycles. The van der Waals surface area contributed by atoms with Crippen molar-refractivity contribution in [3.05, 3.63) is 65.0 Å². The molecule has 1 amide bonds. The molecule has 0 aromatic heterocycles. The number of rotatable bonds is 5. The fourth-order valence-corrected chi connectivity index (χ4v) is 4.54. The average Bonchev–Trinajstić information content (AvgIpc) is 3.02. The zero-order valence-electron chi connectivity index (χ0n) is 20.1. The number of likely N-dealkylation sites (tertiary alicyclic amines) is 1. The van der Waals surface area contributed by atoms with Crippen LogP contribution in [-0.4, -0.2) is 42.2 Å². The highest BCUT2D eigenvalue weighted by molar-refractivity contribution is 6.62. The number of hydrogen-bond acceptors (Lipinski definition) is 4. The lowest BCUT2D eigenvalue weighted by Crippen LogP contribution is -2.41. The van der Waals surface area contributed by atoms with E-state index in [9.17, 15) is 9.18 Å². The van der Waals surface area contributed by atoms with Crippen molar-refractivity contribution in [3.8, 4) is 0 Å². The van der Waals surface area contributed by atoms with Gasteiger partial charge in [0.15, 0.2) is 0 Å². The van der Waals surface area contributed by atoms with E-state index in [-0.39, 0.29) is 12.3 Å². The Morgan fingerprint density at radius 1 is 1.09 bits per heavy atom. The minimum absolute atomic E-state index is 0.0357. The second-order valence-electron chi connectivity index (χ2n) is 10.2. The third-order valence-corrected chi connectivity index (χ3v) is 7.45. The summed E-state index contributed by atoms with van der Waals surface area (Å²) in [7, 11) is -0.619.